The summed E-state index contributed by atoms with van der Waals surface area (Å²) in [5, 5.41) is 0. The lowest BCUT2D eigenvalue weighted by Crippen LogP contribution is -2.61. The largest absolute Gasteiger partial charge is 0.458 e. The fourth-order valence-electron chi connectivity index (χ4n) is 11.2. The molecule has 9 rings (SSSR count). The molecule has 206 valence electrons. The highest BCUT2D eigenvalue weighted by Crippen LogP contribution is 2.61. The smallest absolute Gasteiger partial charge is 0.315 e. The van der Waals surface area contributed by atoms with Crippen LogP contribution in [-0.4, -0.2) is 36.4 Å². The zero-order chi connectivity index (χ0) is 25.8. The van der Waals surface area contributed by atoms with Crippen LogP contribution in [0.5, 0.6) is 0 Å². The van der Waals surface area contributed by atoms with Crippen molar-refractivity contribution in [2.24, 2.45) is 58.2 Å². The van der Waals surface area contributed by atoms with E-state index in [1.54, 1.807) is 0 Å². The lowest BCUT2D eigenvalue weighted by Gasteiger charge is -2.60. The molecule has 8 bridgehead atoms. The van der Waals surface area contributed by atoms with Gasteiger partial charge in [0.05, 0.1) is 24.0 Å². The molecule has 0 amide bonds. The van der Waals surface area contributed by atoms with Crippen molar-refractivity contribution in [2.45, 2.75) is 116 Å². The van der Waals surface area contributed by atoms with Crippen molar-refractivity contribution in [1.29, 1.82) is 0 Å². The Bertz CT molecular complexity index is 914. The van der Waals surface area contributed by atoms with Gasteiger partial charge in [-0.25, -0.2) is 0 Å². The fourth-order valence-corrected chi connectivity index (χ4v) is 11.2. The van der Waals surface area contributed by atoms with E-state index in [1.807, 2.05) is 6.92 Å². The molecule has 5 heteroatoms. The zero-order valence-electron chi connectivity index (χ0n) is 23.6. The zero-order valence-corrected chi connectivity index (χ0v) is 23.6. The summed E-state index contributed by atoms with van der Waals surface area (Å²) in [6, 6.07) is 0. The molecule has 5 nitrogen and oxygen atoms in total. The Kier molecular flexibility index (Phi) is 5.53. The van der Waals surface area contributed by atoms with E-state index in [2.05, 4.69) is 20.8 Å². The summed E-state index contributed by atoms with van der Waals surface area (Å²) in [5.41, 5.74) is -2.34. The molecule has 0 aromatic carbocycles. The van der Waals surface area contributed by atoms with E-state index in [9.17, 15) is 9.59 Å². The molecule has 0 radical (unpaired) electrons. The first kappa shape index (κ1) is 24.9. The number of carbonyl (C=O) groups excluding carboxylic acids is 2. The Morgan fingerprint density at radius 1 is 0.649 bits per heavy atom. The maximum atomic E-state index is 14.1. The lowest BCUT2D eigenvalue weighted by atomic mass is 9.50. The Morgan fingerprint density at radius 2 is 1.05 bits per heavy atom. The first-order valence-corrected chi connectivity index (χ1v) is 15.6. The van der Waals surface area contributed by atoms with Gasteiger partial charge in [0.25, 0.3) is 0 Å². The van der Waals surface area contributed by atoms with Gasteiger partial charge in [-0.1, -0.05) is 6.92 Å². The van der Waals surface area contributed by atoms with Gasteiger partial charge in [-0.05, 0) is 145 Å². The van der Waals surface area contributed by atoms with Gasteiger partial charge in [-0.2, -0.15) is 0 Å². The Hall–Kier alpha value is -1.10. The van der Waals surface area contributed by atoms with Crippen LogP contribution in [0.3, 0.4) is 0 Å². The minimum atomic E-state index is -0.823. The highest BCUT2D eigenvalue weighted by atomic mass is 16.6. The van der Waals surface area contributed by atoms with Crippen LogP contribution in [0.2, 0.25) is 0 Å². The van der Waals surface area contributed by atoms with Gasteiger partial charge in [0.15, 0.2) is 0 Å². The molecule has 2 atom stereocenters. The molecule has 0 aromatic rings. The Morgan fingerprint density at radius 3 is 1.46 bits per heavy atom. The van der Waals surface area contributed by atoms with Crippen LogP contribution in [0.15, 0.2) is 0 Å². The highest BCUT2D eigenvalue weighted by Gasteiger charge is 2.62. The third kappa shape index (κ3) is 3.64. The van der Waals surface area contributed by atoms with Gasteiger partial charge in [0.2, 0.25) is 0 Å². The average Bonchev–Trinajstić information content (AvgIpc) is 2.85. The number of hydrogen-bond donors (Lipinski definition) is 0. The second kappa shape index (κ2) is 8.21. The van der Waals surface area contributed by atoms with Crippen LogP contribution < -0.4 is 0 Å². The summed E-state index contributed by atoms with van der Waals surface area (Å²) in [7, 11) is 0. The van der Waals surface area contributed by atoms with E-state index in [4.69, 9.17) is 14.2 Å². The minimum Gasteiger partial charge on any atom is -0.458 e. The van der Waals surface area contributed by atoms with E-state index in [0.717, 1.165) is 23.7 Å². The number of carbonyl (C=O) groups is 2. The van der Waals surface area contributed by atoms with Crippen LogP contribution in [0.25, 0.3) is 0 Å². The maximum Gasteiger partial charge on any atom is 0.315 e. The molecule has 2 unspecified atom stereocenters. The van der Waals surface area contributed by atoms with Crippen molar-refractivity contribution in [1.82, 2.24) is 0 Å². The molecule has 1 saturated heterocycles. The monoisotopic (exact) mass is 512 g/mol. The second-order valence-electron chi connectivity index (χ2n) is 15.6. The molecule has 1 aliphatic heterocycles. The maximum absolute atomic E-state index is 14.1. The molecule has 0 spiro atoms. The number of hydrogen-bond acceptors (Lipinski definition) is 5. The summed E-state index contributed by atoms with van der Waals surface area (Å²) >= 11 is 0. The van der Waals surface area contributed by atoms with Crippen LogP contribution >= 0.6 is 0 Å². The van der Waals surface area contributed by atoms with E-state index in [-0.39, 0.29) is 23.1 Å². The predicted octanol–water partition coefficient (Wildman–Crippen LogP) is 6.33. The van der Waals surface area contributed by atoms with Gasteiger partial charge in [-0.3, -0.25) is 9.59 Å². The molecule has 9 fully saturated rings. The first-order valence-electron chi connectivity index (χ1n) is 15.6. The molecule has 8 aliphatic carbocycles. The van der Waals surface area contributed by atoms with Crippen LogP contribution in [0.4, 0.5) is 0 Å². The number of ether oxygens (including phenoxy) is 3. The van der Waals surface area contributed by atoms with Gasteiger partial charge in [-0.15, -0.1) is 0 Å². The Balaban J connectivity index is 1.08. The van der Waals surface area contributed by atoms with Crippen LogP contribution in [0, 0.1) is 58.2 Å². The number of rotatable bonds is 5. The van der Waals surface area contributed by atoms with Gasteiger partial charge < -0.3 is 14.2 Å². The topological polar surface area (TPSA) is 61.8 Å². The van der Waals surface area contributed by atoms with Crippen molar-refractivity contribution < 1.29 is 23.8 Å². The fraction of sp³-hybridized carbons (Fsp3) is 0.938. The van der Waals surface area contributed by atoms with E-state index in [1.165, 1.54) is 64.2 Å². The summed E-state index contributed by atoms with van der Waals surface area (Å²) < 4.78 is 19.3. The van der Waals surface area contributed by atoms with Gasteiger partial charge in [0.1, 0.15) is 11.2 Å². The van der Waals surface area contributed by atoms with Crippen LogP contribution in [0.1, 0.15) is 105 Å². The quantitative estimate of drug-likeness (QED) is 0.403. The molecule has 0 N–H and O–H groups in total. The first-order chi connectivity index (χ1) is 17.6. The molecule has 1 heterocycles. The molecule has 8 saturated carbocycles. The summed E-state index contributed by atoms with van der Waals surface area (Å²) in [6.07, 6.45) is 13.5. The van der Waals surface area contributed by atoms with E-state index < -0.39 is 10.8 Å². The lowest BCUT2D eigenvalue weighted by molar-refractivity contribution is -0.231. The summed E-state index contributed by atoms with van der Waals surface area (Å²) in [6.45, 7) is 9.11. The van der Waals surface area contributed by atoms with Crippen molar-refractivity contribution in [3.05, 3.63) is 0 Å². The molecular weight excluding hydrogens is 464 g/mol. The van der Waals surface area contributed by atoms with Gasteiger partial charge >= 0.3 is 11.9 Å². The molecule has 0 aromatic heterocycles. The standard InChI is InChI=1S/C32H48O5/c1-5-32(28(34)37-31(4)25-12-21-7-22(14-25)15-26(31)13-21)16-29(2,17-35-18-32)27(33)36-30(3)23-8-19-6-20(10-23)11-24(30)9-19/h19-26H,5-18H2,1-4H3. The summed E-state index contributed by atoms with van der Waals surface area (Å²) in [5.74, 6) is 4.97. The van der Waals surface area contributed by atoms with Crippen molar-refractivity contribution in [2.75, 3.05) is 13.2 Å². The van der Waals surface area contributed by atoms with Crippen molar-refractivity contribution in [3.8, 4) is 0 Å². The molecule has 37 heavy (non-hydrogen) atoms. The normalized spacial score (nSPS) is 55.4. The number of esters is 2. The summed E-state index contributed by atoms with van der Waals surface area (Å²) in [4.78, 5) is 28.0. The van der Waals surface area contributed by atoms with Crippen molar-refractivity contribution >= 4 is 11.9 Å². The average molecular weight is 513 g/mol. The predicted molar refractivity (Wildman–Crippen MR) is 139 cm³/mol. The van der Waals surface area contributed by atoms with Crippen molar-refractivity contribution in [3.63, 3.8) is 0 Å². The van der Waals surface area contributed by atoms with Gasteiger partial charge in [0, 0.05) is 0 Å². The highest BCUT2D eigenvalue weighted by molar-refractivity contribution is 5.82. The minimum absolute atomic E-state index is 0.135. The molecule has 9 aliphatic rings. The third-order valence-electron chi connectivity index (χ3n) is 13.3. The van der Waals surface area contributed by atoms with E-state index >= 15 is 0 Å². The van der Waals surface area contributed by atoms with Crippen LogP contribution in [-0.2, 0) is 23.8 Å². The molecular formula is C32H48O5. The second-order valence-corrected chi connectivity index (χ2v) is 15.6. The SMILES string of the molecule is CCC1(C(=O)OC2(C)C3CC4CC(C3)CC2C4)COCC(C)(C(=O)OC2(C)C3CC4CC(C3)CC2C4)C1. The Labute approximate surface area is 223 Å². The van der Waals surface area contributed by atoms with E-state index in [0.29, 0.717) is 49.7 Å². The third-order valence-corrected chi connectivity index (χ3v) is 13.3.